The van der Waals surface area contributed by atoms with Crippen molar-refractivity contribution in [1.82, 2.24) is 0 Å². The highest BCUT2D eigenvalue weighted by Crippen LogP contribution is 2.75. The topological polar surface area (TPSA) is 32.8 Å². The predicted molar refractivity (Wildman–Crippen MR) is 81.8 cm³/mol. The molecule has 5 rings (SSSR count). The van der Waals surface area contributed by atoms with E-state index in [0.717, 1.165) is 30.6 Å². The molecular weight excluding hydrogens is 260 g/mol. The number of aliphatic hydroxyl groups is 1. The van der Waals surface area contributed by atoms with E-state index in [2.05, 4.69) is 19.9 Å². The Kier molecular flexibility index (Phi) is 2.35. The van der Waals surface area contributed by atoms with Gasteiger partial charge in [0, 0.05) is 0 Å². The normalized spacial score (nSPS) is 61.2. The third-order valence-electron chi connectivity index (χ3n) is 8.32. The zero-order valence-electron chi connectivity index (χ0n) is 13.4. The highest BCUT2D eigenvalue weighted by molar-refractivity contribution is 5.34. The van der Waals surface area contributed by atoms with Crippen LogP contribution in [0.4, 0.5) is 0 Å². The average Bonchev–Trinajstić information content (AvgIpc) is 3.08. The molecular formula is C19H28O2. The molecule has 1 heterocycles. The standard InChI is InChI=1S/C19H28O2/c1-12-5-9-19-16-4-3-13-11-14(20)6-8-17(13,2)15(16)7-10-18(12,19)21-19/h3,12,14-16,20H,4-11H2,1-2H3/t12-,14-,15-,16+,17-,18+,19+/m0/s1. The van der Waals surface area contributed by atoms with Gasteiger partial charge >= 0.3 is 0 Å². The molecule has 1 N–H and O–H groups in total. The summed E-state index contributed by atoms with van der Waals surface area (Å²) < 4.78 is 6.54. The van der Waals surface area contributed by atoms with Crippen molar-refractivity contribution in [2.24, 2.45) is 23.2 Å². The number of rotatable bonds is 0. The maximum atomic E-state index is 10.0. The lowest BCUT2D eigenvalue weighted by molar-refractivity contribution is 0.0136. The Balaban J connectivity index is 1.54. The van der Waals surface area contributed by atoms with Gasteiger partial charge < -0.3 is 9.84 Å². The van der Waals surface area contributed by atoms with E-state index in [0.29, 0.717) is 5.41 Å². The SMILES string of the molecule is C[C@H]1CC[C@]23O[C@]12CC[C@H]1[C@H]3CC=C2C[C@@H](O)CC[C@@]21C. The largest absolute Gasteiger partial charge is 0.393 e. The van der Waals surface area contributed by atoms with Crippen LogP contribution in [0, 0.1) is 23.2 Å². The molecule has 5 aliphatic rings. The molecule has 0 unspecified atom stereocenters. The highest BCUT2D eigenvalue weighted by atomic mass is 16.6. The fourth-order valence-electron chi connectivity index (χ4n) is 7.07. The van der Waals surface area contributed by atoms with E-state index in [1.165, 1.54) is 38.5 Å². The maximum Gasteiger partial charge on any atom is 0.102 e. The van der Waals surface area contributed by atoms with E-state index >= 15 is 0 Å². The first-order chi connectivity index (χ1) is 10.0. The van der Waals surface area contributed by atoms with E-state index < -0.39 is 0 Å². The number of ether oxygens (including phenoxy) is 1. The molecule has 116 valence electrons. The summed E-state index contributed by atoms with van der Waals surface area (Å²) in [4.78, 5) is 0. The van der Waals surface area contributed by atoms with Crippen LogP contribution in [0.2, 0.25) is 0 Å². The summed E-state index contributed by atoms with van der Waals surface area (Å²) in [5, 5.41) is 10.0. The highest BCUT2D eigenvalue weighted by Gasteiger charge is 2.80. The van der Waals surface area contributed by atoms with Gasteiger partial charge in [-0.2, -0.15) is 0 Å². The van der Waals surface area contributed by atoms with Gasteiger partial charge in [0.05, 0.1) is 6.10 Å². The van der Waals surface area contributed by atoms with E-state index in [9.17, 15) is 5.11 Å². The summed E-state index contributed by atoms with van der Waals surface area (Å²) in [6.45, 7) is 4.91. The molecule has 2 heteroatoms. The Morgan fingerprint density at radius 3 is 2.76 bits per heavy atom. The molecule has 0 aromatic heterocycles. The first-order valence-corrected chi connectivity index (χ1v) is 9.10. The minimum Gasteiger partial charge on any atom is -0.393 e. The number of allylic oxidation sites excluding steroid dienone is 1. The van der Waals surface area contributed by atoms with Crippen molar-refractivity contribution in [3.8, 4) is 0 Å². The lowest BCUT2D eigenvalue weighted by atomic mass is 9.50. The Bertz CT molecular complexity index is 526. The van der Waals surface area contributed by atoms with Crippen LogP contribution in [0.3, 0.4) is 0 Å². The van der Waals surface area contributed by atoms with Crippen LogP contribution < -0.4 is 0 Å². The van der Waals surface area contributed by atoms with Crippen LogP contribution in [0.5, 0.6) is 0 Å². The summed E-state index contributed by atoms with van der Waals surface area (Å²) >= 11 is 0. The summed E-state index contributed by atoms with van der Waals surface area (Å²) in [5.74, 6) is 2.32. The third-order valence-corrected chi connectivity index (χ3v) is 8.32. The van der Waals surface area contributed by atoms with Crippen LogP contribution >= 0.6 is 0 Å². The second kappa shape index (κ2) is 3.76. The summed E-state index contributed by atoms with van der Waals surface area (Å²) in [7, 11) is 0. The van der Waals surface area contributed by atoms with E-state index in [4.69, 9.17) is 4.74 Å². The van der Waals surface area contributed by atoms with Crippen LogP contribution in [-0.4, -0.2) is 22.4 Å². The van der Waals surface area contributed by atoms with Crippen LogP contribution in [0.15, 0.2) is 11.6 Å². The molecule has 4 fully saturated rings. The zero-order chi connectivity index (χ0) is 14.5. The van der Waals surface area contributed by atoms with E-state index in [-0.39, 0.29) is 17.3 Å². The quantitative estimate of drug-likeness (QED) is 0.543. The molecule has 3 saturated carbocycles. The van der Waals surface area contributed by atoms with Crippen molar-refractivity contribution < 1.29 is 9.84 Å². The minimum atomic E-state index is -0.0922. The average molecular weight is 288 g/mol. The van der Waals surface area contributed by atoms with E-state index in [1.807, 2.05) is 0 Å². The van der Waals surface area contributed by atoms with Gasteiger partial charge in [0.1, 0.15) is 11.2 Å². The van der Waals surface area contributed by atoms with Crippen molar-refractivity contribution in [1.29, 1.82) is 0 Å². The Morgan fingerprint density at radius 1 is 1.10 bits per heavy atom. The molecule has 0 amide bonds. The smallest absolute Gasteiger partial charge is 0.102 e. The second-order valence-electron chi connectivity index (χ2n) is 8.85. The first-order valence-electron chi connectivity index (χ1n) is 9.10. The summed E-state index contributed by atoms with van der Waals surface area (Å²) in [6.07, 6.45) is 12.0. The van der Waals surface area contributed by atoms with Crippen LogP contribution in [0.1, 0.15) is 65.2 Å². The molecule has 2 nitrogen and oxygen atoms in total. The minimum absolute atomic E-state index is 0.0922. The van der Waals surface area contributed by atoms with Gasteiger partial charge in [0.2, 0.25) is 0 Å². The molecule has 0 radical (unpaired) electrons. The van der Waals surface area contributed by atoms with Gasteiger partial charge in [0.25, 0.3) is 0 Å². The van der Waals surface area contributed by atoms with Crippen molar-refractivity contribution in [2.75, 3.05) is 0 Å². The van der Waals surface area contributed by atoms with Gasteiger partial charge in [-0.1, -0.05) is 25.5 Å². The third kappa shape index (κ3) is 1.34. The Hall–Kier alpha value is -0.340. The van der Waals surface area contributed by atoms with Crippen LogP contribution in [0.25, 0.3) is 0 Å². The van der Waals surface area contributed by atoms with Gasteiger partial charge in [0.15, 0.2) is 0 Å². The molecule has 4 aliphatic carbocycles. The van der Waals surface area contributed by atoms with Gasteiger partial charge in [-0.3, -0.25) is 0 Å². The van der Waals surface area contributed by atoms with Crippen molar-refractivity contribution in [3.05, 3.63) is 11.6 Å². The monoisotopic (exact) mass is 288 g/mol. The first kappa shape index (κ1) is 13.1. The molecule has 0 spiro atoms. The molecule has 0 aromatic rings. The van der Waals surface area contributed by atoms with Gasteiger partial charge in [-0.25, -0.2) is 0 Å². The summed E-state index contributed by atoms with van der Waals surface area (Å²) in [5.41, 5.74) is 2.43. The van der Waals surface area contributed by atoms with Crippen LogP contribution in [-0.2, 0) is 4.74 Å². The van der Waals surface area contributed by atoms with Gasteiger partial charge in [-0.05, 0) is 74.5 Å². The second-order valence-corrected chi connectivity index (χ2v) is 8.85. The van der Waals surface area contributed by atoms with E-state index in [1.54, 1.807) is 5.57 Å². The van der Waals surface area contributed by atoms with Crippen molar-refractivity contribution >= 4 is 0 Å². The fraction of sp³-hybridized carbons (Fsp3) is 0.895. The number of hydrogen-bond acceptors (Lipinski definition) is 2. The molecule has 7 atom stereocenters. The number of fused-ring (bicyclic) bond motifs is 3. The fourth-order valence-corrected chi connectivity index (χ4v) is 7.07. The Morgan fingerprint density at radius 2 is 1.90 bits per heavy atom. The zero-order valence-corrected chi connectivity index (χ0v) is 13.4. The number of aliphatic hydroxyl groups excluding tert-OH is 1. The number of hydrogen-bond donors (Lipinski definition) is 1. The molecule has 0 aromatic carbocycles. The molecule has 0 bridgehead atoms. The lowest BCUT2D eigenvalue weighted by Gasteiger charge is -2.53. The lowest BCUT2D eigenvalue weighted by Crippen LogP contribution is -2.50. The number of epoxide rings is 1. The summed E-state index contributed by atoms with van der Waals surface area (Å²) in [6, 6.07) is 0. The Labute approximate surface area is 127 Å². The van der Waals surface area contributed by atoms with Crippen molar-refractivity contribution in [3.63, 3.8) is 0 Å². The van der Waals surface area contributed by atoms with Gasteiger partial charge in [-0.15, -0.1) is 0 Å². The maximum absolute atomic E-state index is 10.0. The predicted octanol–water partition coefficient (Wildman–Crippen LogP) is 3.83. The molecule has 1 saturated heterocycles. The molecule has 21 heavy (non-hydrogen) atoms. The van der Waals surface area contributed by atoms with Crippen molar-refractivity contribution in [2.45, 2.75) is 82.5 Å². The molecule has 1 aliphatic heterocycles.